The van der Waals surface area contributed by atoms with E-state index in [4.69, 9.17) is 16.2 Å². The van der Waals surface area contributed by atoms with Gasteiger partial charge in [-0.3, -0.25) is 15.0 Å². The van der Waals surface area contributed by atoms with Gasteiger partial charge in [0.25, 0.3) is 5.91 Å². The second-order valence-electron chi connectivity index (χ2n) is 6.57. The Balaban J connectivity index is 1.68. The van der Waals surface area contributed by atoms with Crippen LogP contribution in [0.5, 0.6) is 0 Å². The smallest absolute Gasteiger partial charge is 0.303 e. The predicted molar refractivity (Wildman–Crippen MR) is 99.2 cm³/mol. The SMILES string of the molecule is N=C(N)c1ccc(-c2ccc(C(=O)N3CCC(CC(=O)O)C3)cc2)cc1. The molecule has 0 aromatic heterocycles. The fraction of sp³-hybridized carbons (Fsp3) is 0.250. The van der Waals surface area contributed by atoms with E-state index >= 15 is 0 Å². The molecule has 6 heteroatoms. The van der Waals surface area contributed by atoms with Gasteiger partial charge in [-0.2, -0.15) is 0 Å². The van der Waals surface area contributed by atoms with Gasteiger partial charge in [0.2, 0.25) is 0 Å². The number of hydrogen-bond donors (Lipinski definition) is 3. The van der Waals surface area contributed by atoms with Crippen LogP contribution >= 0.6 is 0 Å². The summed E-state index contributed by atoms with van der Waals surface area (Å²) >= 11 is 0. The lowest BCUT2D eigenvalue weighted by Gasteiger charge is -2.16. The summed E-state index contributed by atoms with van der Waals surface area (Å²) in [7, 11) is 0. The Morgan fingerprint density at radius 3 is 2.08 bits per heavy atom. The number of amides is 1. The Morgan fingerprint density at radius 1 is 1.04 bits per heavy atom. The van der Waals surface area contributed by atoms with Gasteiger partial charge < -0.3 is 15.7 Å². The first-order chi connectivity index (χ1) is 12.4. The molecule has 1 heterocycles. The van der Waals surface area contributed by atoms with E-state index in [1.54, 1.807) is 29.2 Å². The summed E-state index contributed by atoms with van der Waals surface area (Å²) < 4.78 is 0. The molecule has 1 atom stereocenters. The molecule has 1 saturated heterocycles. The number of carbonyl (C=O) groups excluding carboxylic acids is 1. The third-order valence-corrected chi connectivity index (χ3v) is 4.70. The normalized spacial score (nSPS) is 16.5. The highest BCUT2D eigenvalue weighted by Crippen LogP contribution is 2.24. The number of nitrogens with two attached hydrogens (primary N) is 1. The molecule has 0 saturated carbocycles. The Morgan fingerprint density at radius 2 is 1.58 bits per heavy atom. The zero-order valence-corrected chi connectivity index (χ0v) is 14.3. The van der Waals surface area contributed by atoms with Crippen LogP contribution in [0.4, 0.5) is 0 Å². The van der Waals surface area contributed by atoms with Gasteiger partial charge in [-0.1, -0.05) is 36.4 Å². The highest BCUT2D eigenvalue weighted by Gasteiger charge is 2.28. The molecular weight excluding hydrogens is 330 g/mol. The zero-order valence-electron chi connectivity index (χ0n) is 14.3. The number of carbonyl (C=O) groups is 2. The lowest BCUT2D eigenvalue weighted by molar-refractivity contribution is -0.138. The van der Waals surface area contributed by atoms with Gasteiger partial charge in [0.15, 0.2) is 0 Å². The summed E-state index contributed by atoms with van der Waals surface area (Å²) in [5, 5.41) is 16.3. The molecule has 1 amide bonds. The maximum Gasteiger partial charge on any atom is 0.303 e. The van der Waals surface area contributed by atoms with Crippen LogP contribution in [0.2, 0.25) is 0 Å². The van der Waals surface area contributed by atoms with Crippen molar-refractivity contribution in [3.8, 4) is 11.1 Å². The Hall–Kier alpha value is -3.15. The minimum absolute atomic E-state index is 0.0318. The minimum atomic E-state index is -0.815. The summed E-state index contributed by atoms with van der Waals surface area (Å²) in [6.45, 7) is 1.10. The van der Waals surface area contributed by atoms with E-state index in [2.05, 4.69) is 0 Å². The molecule has 1 aliphatic rings. The van der Waals surface area contributed by atoms with Crippen molar-refractivity contribution in [3.63, 3.8) is 0 Å². The van der Waals surface area contributed by atoms with E-state index in [1.165, 1.54) is 0 Å². The highest BCUT2D eigenvalue weighted by atomic mass is 16.4. The molecule has 3 rings (SSSR count). The maximum absolute atomic E-state index is 12.6. The fourth-order valence-corrected chi connectivity index (χ4v) is 3.26. The number of aliphatic carboxylic acids is 1. The van der Waals surface area contributed by atoms with Crippen LogP contribution in [-0.2, 0) is 4.79 Å². The van der Waals surface area contributed by atoms with E-state index in [0.717, 1.165) is 17.5 Å². The van der Waals surface area contributed by atoms with Crippen molar-refractivity contribution in [2.24, 2.45) is 11.7 Å². The monoisotopic (exact) mass is 351 g/mol. The number of hydrogen-bond acceptors (Lipinski definition) is 3. The Bertz CT molecular complexity index is 828. The average molecular weight is 351 g/mol. The van der Waals surface area contributed by atoms with E-state index in [0.29, 0.717) is 24.2 Å². The quantitative estimate of drug-likeness (QED) is 0.568. The second-order valence-corrected chi connectivity index (χ2v) is 6.57. The van der Waals surface area contributed by atoms with Crippen LogP contribution in [0.1, 0.15) is 28.8 Å². The summed E-state index contributed by atoms with van der Waals surface area (Å²) in [4.78, 5) is 25.1. The number of benzene rings is 2. The molecule has 2 aromatic rings. The first-order valence-electron chi connectivity index (χ1n) is 8.50. The molecule has 1 aliphatic heterocycles. The van der Waals surface area contributed by atoms with Gasteiger partial charge >= 0.3 is 5.97 Å². The molecule has 1 unspecified atom stereocenters. The van der Waals surface area contributed by atoms with Gasteiger partial charge in [-0.05, 0) is 35.6 Å². The molecule has 0 bridgehead atoms. The van der Waals surface area contributed by atoms with Crippen LogP contribution in [0.3, 0.4) is 0 Å². The highest BCUT2D eigenvalue weighted by molar-refractivity contribution is 5.96. The Kier molecular flexibility index (Phi) is 5.02. The number of nitrogen functional groups attached to an aromatic ring is 1. The Labute approximate surface area is 151 Å². The number of rotatable bonds is 5. The van der Waals surface area contributed by atoms with Gasteiger partial charge in [0, 0.05) is 30.6 Å². The fourth-order valence-electron chi connectivity index (χ4n) is 3.26. The molecule has 26 heavy (non-hydrogen) atoms. The van der Waals surface area contributed by atoms with Crippen molar-refractivity contribution in [1.82, 2.24) is 4.90 Å². The van der Waals surface area contributed by atoms with Crippen molar-refractivity contribution in [2.75, 3.05) is 13.1 Å². The molecule has 1 fully saturated rings. The number of amidine groups is 1. The number of carboxylic acid groups (broad SMARTS) is 1. The standard InChI is InChI=1S/C20H21N3O3/c21-19(22)16-5-1-14(2-6-16)15-3-7-17(8-4-15)20(26)23-10-9-13(12-23)11-18(24)25/h1-8,13H,9-12H2,(H3,21,22)(H,24,25). The van der Waals surface area contributed by atoms with E-state index in [1.807, 2.05) is 24.3 Å². The summed E-state index contributed by atoms with van der Waals surface area (Å²) in [5.74, 6) is -0.805. The lowest BCUT2D eigenvalue weighted by atomic mass is 10.0. The van der Waals surface area contributed by atoms with Gasteiger partial charge in [0.05, 0.1) is 0 Å². The first-order valence-corrected chi connectivity index (χ1v) is 8.50. The van der Waals surface area contributed by atoms with Crippen LogP contribution in [0, 0.1) is 11.3 Å². The lowest BCUT2D eigenvalue weighted by Crippen LogP contribution is -2.28. The van der Waals surface area contributed by atoms with E-state index < -0.39 is 5.97 Å². The zero-order chi connectivity index (χ0) is 18.7. The predicted octanol–water partition coefficient (Wildman–Crippen LogP) is 2.57. The first kappa shape index (κ1) is 17.7. The molecule has 6 nitrogen and oxygen atoms in total. The van der Waals surface area contributed by atoms with Gasteiger partial charge in [-0.15, -0.1) is 0 Å². The van der Waals surface area contributed by atoms with Crippen LogP contribution in [0.15, 0.2) is 48.5 Å². The molecule has 0 radical (unpaired) electrons. The molecule has 0 spiro atoms. The second kappa shape index (κ2) is 7.39. The molecule has 4 N–H and O–H groups in total. The third kappa shape index (κ3) is 3.91. The van der Waals surface area contributed by atoms with Crippen molar-refractivity contribution < 1.29 is 14.7 Å². The van der Waals surface area contributed by atoms with Crippen molar-refractivity contribution in [1.29, 1.82) is 5.41 Å². The maximum atomic E-state index is 12.6. The minimum Gasteiger partial charge on any atom is -0.481 e. The van der Waals surface area contributed by atoms with Crippen molar-refractivity contribution in [2.45, 2.75) is 12.8 Å². The molecule has 0 aliphatic carbocycles. The van der Waals surface area contributed by atoms with Crippen LogP contribution < -0.4 is 5.73 Å². The summed E-state index contributed by atoms with van der Waals surface area (Å²) in [6.07, 6.45) is 0.845. The van der Waals surface area contributed by atoms with Crippen LogP contribution in [-0.4, -0.2) is 40.8 Å². The topological polar surface area (TPSA) is 107 Å². The summed E-state index contributed by atoms with van der Waals surface area (Å²) in [6, 6.07) is 14.7. The van der Waals surface area contributed by atoms with Crippen molar-refractivity contribution in [3.05, 3.63) is 59.7 Å². The van der Waals surface area contributed by atoms with Crippen LogP contribution in [0.25, 0.3) is 11.1 Å². The third-order valence-electron chi connectivity index (χ3n) is 4.70. The number of nitrogens with zero attached hydrogens (tertiary/aromatic N) is 1. The largest absolute Gasteiger partial charge is 0.481 e. The number of carboxylic acids is 1. The summed E-state index contributed by atoms with van der Waals surface area (Å²) in [5.41, 5.74) is 8.69. The van der Waals surface area contributed by atoms with E-state index in [-0.39, 0.29) is 24.1 Å². The molecule has 2 aromatic carbocycles. The average Bonchev–Trinajstić information content (AvgIpc) is 3.09. The van der Waals surface area contributed by atoms with Crippen molar-refractivity contribution >= 4 is 17.7 Å². The molecule has 134 valence electrons. The number of likely N-dealkylation sites (tertiary alicyclic amines) is 1. The number of nitrogens with one attached hydrogen (secondary N) is 1. The van der Waals surface area contributed by atoms with Gasteiger partial charge in [0.1, 0.15) is 5.84 Å². The molecular formula is C20H21N3O3. The van der Waals surface area contributed by atoms with Gasteiger partial charge in [-0.25, -0.2) is 0 Å². The van der Waals surface area contributed by atoms with E-state index in [9.17, 15) is 9.59 Å².